The Morgan fingerprint density at radius 1 is 0.323 bits per heavy atom. The molecule has 0 saturated heterocycles. The van der Waals surface area contributed by atoms with Gasteiger partial charge < -0.3 is 37.9 Å². The molecule has 6 aromatic carbocycles. The average molecular weight is 837 g/mol. The van der Waals surface area contributed by atoms with Crippen LogP contribution in [-0.2, 0) is 58.2 Å². The minimum Gasteiger partial charge on any atom is -0.488 e. The van der Waals surface area contributed by atoms with Crippen molar-refractivity contribution >= 4 is 23.9 Å². The Morgan fingerprint density at radius 2 is 0.516 bits per heavy atom. The number of carbonyl (C=O) groups excluding carboxylic acids is 4. The molecular weight excluding hydrogens is 793 g/mol. The molecule has 0 N–H and O–H groups in total. The fourth-order valence-corrected chi connectivity index (χ4v) is 6.91. The molecule has 0 amide bonds. The van der Waals surface area contributed by atoms with Crippen LogP contribution < -0.4 is 18.9 Å². The first-order valence-electron chi connectivity index (χ1n) is 19.7. The smallest absolute Gasteiger partial charge is 0.341 e. The minimum atomic E-state index is -0.553. The molecule has 0 aromatic heterocycles. The molecule has 12 nitrogen and oxygen atoms in total. The number of carbonyl (C=O) groups is 4. The van der Waals surface area contributed by atoms with Gasteiger partial charge in [0, 0.05) is 0 Å². The molecule has 12 heteroatoms. The SMILES string of the molecule is COC(=O)c1cc2ccc1OCc1ccc(cc1)COc1ccc(cc1C(=O)OC)Cc1ccc(c(C(=O)OC)c1)OCc1ccc(cc1)COc1ccc(cc1C(=O)OC)C2. The molecule has 0 spiro atoms. The van der Waals surface area contributed by atoms with E-state index in [-0.39, 0.29) is 48.7 Å². The van der Waals surface area contributed by atoms with E-state index in [1.54, 1.807) is 48.5 Å². The zero-order chi connectivity index (χ0) is 43.6. The van der Waals surface area contributed by atoms with E-state index in [1.165, 1.54) is 28.4 Å². The monoisotopic (exact) mass is 836 g/mol. The van der Waals surface area contributed by atoms with Crippen molar-refractivity contribution < 1.29 is 57.1 Å². The Kier molecular flexibility index (Phi) is 13.5. The van der Waals surface area contributed by atoms with E-state index in [0.29, 0.717) is 35.8 Å². The van der Waals surface area contributed by atoms with Crippen LogP contribution in [0.3, 0.4) is 0 Å². The largest absolute Gasteiger partial charge is 0.488 e. The van der Waals surface area contributed by atoms with E-state index in [0.717, 1.165) is 44.5 Å². The number of ether oxygens (including phenoxy) is 8. The summed E-state index contributed by atoms with van der Waals surface area (Å²) in [7, 11) is 5.25. The fraction of sp³-hybridized carbons (Fsp3) is 0.200. The minimum absolute atomic E-state index is 0.170. The van der Waals surface area contributed by atoms with Gasteiger partial charge in [-0.1, -0.05) is 72.8 Å². The van der Waals surface area contributed by atoms with Gasteiger partial charge in [0.05, 0.1) is 28.4 Å². The van der Waals surface area contributed by atoms with Crippen LogP contribution in [0, 0.1) is 0 Å². The maximum Gasteiger partial charge on any atom is 0.341 e. The van der Waals surface area contributed by atoms with Crippen LogP contribution in [0.15, 0.2) is 121 Å². The number of esters is 4. The third-order valence-electron chi connectivity index (χ3n) is 10.2. The summed E-state index contributed by atoms with van der Waals surface area (Å²) >= 11 is 0. The van der Waals surface area contributed by atoms with Crippen LogP contribution in [0.25, 0.3) is 0 Å². The second-order valence-electron chi connectivity index (χ2n) is 14.4. The lowest BCUT2D eigenvalue weighted by Gasteiger charge is -2.15. The molecule has 0 atom stereocenters. The molecule has 0 saturated carbocycles. The third-order valence-corrected chi connectivity index (χ3v) is 10.2. The van der Waals surface area contributed by atoms with E-state index >= 15 is 0 Å². The fourth-order valence-electron chi connectivity index (χ4n) is 6.91. The van der Waals surface area contributed by atoms with E-state index in [4.69, 9.17) is 37.9 Å². The summed E-state index contributed by atoms with van der Waals surface area (Å²) in [6, 6.07) is 36.3. The standard InChI is InChI=1S/C50H44O12/c1-55-47(51)39-23-35-13-17-43(39)59-27-31-5-7-32(8-6-31)28-61-45-19-15-37(25-41(45)49(53)57-3)22-38-16-20-46(42(26-38)50(54)58-4)62-30-34-11-9-33(10-12-34)29-60-44-18-14-36(21-35)24-40(44)48(52)56-2/h5-20,23-26H,21-22,27-30H2,1-4H3. The lowest BCUT2D eigenvalue weighted by molar-refractivity contribution is 0.0586. The number of methoxy groups -OCH3 is 4. The predicted molar refractivity (Wildman–Crippen MR) is 227 cm³/mol. The van der Waals surface area contributed by atoms with Crippen molar-refractivity contribution in [1.29, 1.82) is 0 Å². The first-order chi connectivity index (χ1) is 30.1. The lowest BCUT2D eigenvalue weighted by atomic mass is 10.00. The number of hydrogen-bond donors (Lipinski definition) is 0. The van der Waals surface area contributed by atoms with Gasteiger partial charge in [-0.25, -0.2) is 19.2 Å². The van der Waals surface area contributed by atoms with Gasteiger partial charge in [-0.05, 0) is 106 Å². The van der Waals surface area contributed by atoms with E-state index in [2.05, 4.69) is 0 Å². The summed E-state index contributed by atoms with van der Waals surface area (Å²) in [4.78, 5) is 51.7. The van der Waals surface area contributed by atoms with Crippen LogP contribution >= 0.6 is 0 Å². The highest BCUT2D eigenvalue weighted by molar-refractivity contribution is 5.94. The summed E-state index contributed by atoms with van der Waals surface area (Å²) in [5.74, 6) is -0.807. The van der Waals surface area contributed by atoms with Crippen LogP contribution in [0.4, 0.5) is 0 Å². The van der Waals surface area contributed by atoms with Gasteiger partial charge >= 0.3 is 23.9 Å². The normalized spacial score (nSPS) is 12.6. The number of benzene rings is 6. The lowest BCUT2D eigenvalue weighted by Crippen LogP contribution is -2.09. The first-order valence-corrected chi connectivity index (χ1v) is 19.7. The highest BCUT2D eigenvalue weighted by atomic mass is 16.5. The molecule has 0 aliphatic carbocycles. The summed E-state index contributed by atoms with van der Waals surface area (Å²) in [6.07, 6.45) is 0.774. The van der Waals surface area contributed by atoms with Crippen molar-refractivity contribution in [3.8, 4) is 23.0 Å². The third kappa shape index (κ3) is 10.2. The predicted octanol–water partition coefficient (Wildman–Crippen LogP) is 8.64. The molecule has 22 rings (SSSR count). The summed E-state index contributed by atoms with van der Waals surface area (Å²) < 4.78 is 44.9. The van der Waals surface area contributed by atoms with E-state index < -0.39 is 23.9 Å². The van der Waals surface area contributed by atoms with Crippen molar-refractivity contribution in [3.63, 3.8) is 0 Å². The van der Waals surface area contributed by atoms with E-state index in [9.17, 15) is 19.2 Å². The van der Waals surface area contributed by atoms with Crippen molar-refractivity contribution in [2.24, 2.45) is 0 Å². The van der Waals surface area contributed by atoms with E-state index in [1.807, 2.05) is 72.8 Å². The zero-order valence-corrected chi connectivity index (χ0v) is 34.7. The van der Waals surface area contributed by atoms with Crippen molar-refractivity contribution in [2.75, 3.05) is 28.4 Å². The molecule has 0 radical (unpaired) electrons. The Labute approximate surface area is 358 Å². The molecule has 316 valence electrons. The number of hydrogen-bond acceptors (Lipinski definition) is 12. The molecule has 0 unspecified atom stereocenters. The average Bonchev–Trinajstić information content (AvgIpc) is 3.31. The molecule has 16 aliphatic rings. The van der Waals surface area contributed by atoms with Gasteiger partial charge in [-0.3, -0.25) is 0 Å². The molecule has 6 aromatic rings. The highest BCUT2D eigenvalue weighted by Gasteiger charge is 2.20. The molecule has 12 bridgehead atoms. The number of rotatable bonds is 4. The van der Waals surface area contributed by atoms with Crippen LogP contribution in [-0.4, -0.2) is 52.3 Å². The van der Waals surface area contributed by atoms with Crippen molar-refractivity contribution in [2.45, 2.75) is 39.3 Å². The summed E-state index contributed by atoms with van der Waals surface area (Å²) in [6.45, 7) is 0.680. The van der Waals surface area contributed by atoms with Crippen molar-refractivity contribution in [1.82, 2.24) is 0 Å². The van der Waals surface area contributed by atoms with Gasteiger partial charge in [0.15, 0.2) is 0 Å². The maximum absolute atomic E-state index is 12.9. The van der Waals surface area contributed by atoms with Crippen LogP contribution in [0.1, 0.15) is 85.9 Å². The second-order valence-corrected chi connectivity index (χ2v) is 14.4. The molecular formula is C50H44O12. The van der Waals surface area contributed by atoms with Gasteiger partial charge in [0.2, 0.25) is 0 Å². The Hall–Kier alpha value is -7.60. The van der Waals surface area contributed by atoms with Gasteiger partial charge in [0.25, 0.3) is 0 Å². The highest BCUT2D eigenvalue weighted by Crippen LogP contribution is 2.30. The Bertz CT molecular complexity index is 2240. The maximum atomic E-state index is 12.9. The van der Waals surface area contributed by atoms with Gasteiger partial charge in [-0.15, -0.1) is 0 Å². The summed E-state index contributed by atoms with van der Waals surface area (Å²) in [5, 5.41) is 0. The summed E-state index contributed by atoms with van der Waals surface area (Å²) in [5.41, 5.74) is 7.56. The first kappa shape index (κ1) is 42.5. The Morgan fingerprint density at radius 3 is 0.710 bits per heavy atom. The topological polar surface area (TPSA) is 142 Å². The molecule has 62 heavy (non-hydrogen) atoms. The van der Waals surface area contributed by atoms with Gasteiger partial charge in [0.1, 0.15) is 71.7 Å². The van der Waals surface area contributed by atoms with Gasteiger partial charge in [-0.2, -0.15) is 0 Å². The van der Waals surface area contributed by atoms with Crippen LogP contribution in [0.5, 0.6) is 23.0 Å². The zero-order valence-electron chi connectivity index (χ0n) is 34.7. The second kappa shape index (κ2) is 19.6. The molecule has 16 heterocycles. The molecule has 0 fully saturated rings. The van der Waals surface area contributed by atoms with Crippen LogP contribution in [0.2, 0.25) is 0 Å². The quantitative estimate of drug-likeness (QED) is 0.124. The molecule has 16 aliphatic heterocycles. The Balaban J connectivity index is 1.20. The van der Waals surface area contributed by atoms with Crippen molar-refractivity contribution in [3.05, 3.63) is 188 Å².